The van der Waals surface area contributed by atoms with Gasteiger partial charge < -0.3 is 15.4 Å². The lowest BCUT2D eigenvalue weighted by Crippen LogP contribution is -2.44. The summed E-state index contributed by atoms with van der Waals surface area (Å²) in [4.78, 5) is 27.3. The Morgan fingerprint density at radius 2 is 2.05 bits per heavy atom. The Balaban J connectivity index is 1.88. The molecule has 1 saturated carbocycles. The maximum absolute atomic E-state index is 12.3. The molecule has 108 valence electrons. The number of carbonyl (C=O) groups is 2. The number of amides is 2. The largest absolute Gasteiger partial charge is 0.453 e. The molecule has 20 heavy (non-hydrogen) atoms. The molecule has 0 radical (unpaired) electrons. The van der Waals surface area contributed by atoms with Gasteiger partial charge in [-0.2, -0.15) is 0 Å². The Kier molecular flexibility index (Phi) is 4.22. The van der Waals surface area contributed by atoms with E-state index in [2.05, 4.69) is 20.4 Å². The Morgan fingerprint density at radius 3 is 2.60 bits per heavy atom. The fourth-order valence-corrected chi connectivity index (χ4v) is 2.17. The number of alkyl carbamates (subject to hydrolysis) is 1. The molecule has 0 unspecified atom stereocenters. The van der Waals surface area contributed by atoms with Crippen molar-refractivity contribution in [3.05, 3.63) is 30.1 Å². The van der Waals surface area contributed by atoms with E-state index in [1.165, 1.54) is 7.11 Å². The molecule has 0 bridgehead atoms. The SMILES string of the molecule is COC(=O)N[C@H](C)CNC(=O)C1(c2ccncc2)CC1. The molecule has 0 aliphatic heterocycles. The van der Waals surface area contributed by atoms with Gasteiger partial charge in [-0.1, -0.05) is 0 Å². The number of hydrogen-bond donors (Lipinski definition) is 2. The second-order valence-corrected chi connectivity index (χ2v) is 5.06. The first-order chi connectivity index (χ1) is 9.58. The van der Waals surface area contributed by atoms with E-state index < -0.39 is 11.5 Å². The fourth-order valence-electron chi connectivity index (χ4n) is 2.17. The highest BCUT2D eigenvalue weighted by molar-refractivity contribution is 5.91. The van der Waals surface area contributed by atoms with Crippen LogP contribution in [0.4, 0.5) is 4.79 Å². The molecule has 2 N–H and O–H groups in total. The Hall–Kier alpha value is -2.11. The summed E-state index contributed by atoms with van der Waals surface area (Å²) in [6, 6.07) is 3.57. The summed E-state index contributed by atoms with van der Waals surface area (Å²) in [5, 5.41) is 5.49. The van der Waals surface area contributed by atoms with Crippen LogP contribution in [0.3, 0.4) is 0 Å². The van der Waals surface area contributed by atoms with Crippen LogP contribution >= 0.6 is 0 Å². The third-order valence-electron chi connectivity index (χ3n) is 3.54. The van der Waals surface area contributed by atoms with Crippen molar-refractivity contribution in [2.75, 3.05) is 13.7 Å². The van der Waals surface area contributed by atoms with Gasteiger partial charge >= 0.3 is 6.09 Å². The van der Waals surface area contributed by atoms with Crippen LogP contribution in [-0.4, -0.2) is 36.7 Å². The maximum atomic E-state index is 12.3. The van der Waals surface area contributed by atoms with E-state index in [1.54, 1.807) is 12.4 Å². The molecule has 1 atom stereocenters. The van der Waals surface area contributed by atoms with Crippen molar-refractivity contribution in [2.24, 2.45) is 0 Å². The Labute approximate surface area is 117 Å². The molecule has 1 fully saturated rings. The first-order valence-corrected chi connectivity index (χ1v) is 6.62. The van der Waals surface area contributed by atoms with Gasteiger partial charge in [0.2, 0.25) is 5.91 Å². The highest BCUT2D eigenvalue weighted by atomic mass is 16.5. The topological polar surface area (TPSA) is 80.3 Å². The normalized spacial score (nSPS) is 16.9. The van der Waals surface area contributed by atoms with Crippen LogP contribution in [0.1, 0.15) is 25.3 Å². The van der Waals surface area contributed by atoms with Gasteiger partial charge in [-0.15, -0.1) is 0 Å². The molecule has 0 spiro atoms. The van der Waals surface area contributed by atoms with Gasteiger partial charge in [-0.3, -0.25) is 9.78 Å². The maximum Gasteiger partial charge on any atom is 0.407 e. The molecular weight excluding hydrogens is 258 g/mol. The van der Waals surface area contributed by atoms with Crippen molar-refractivity contribution in [2.45, 2.75) is 31.2 Å². The highest BCUT2D eigenvalue weighted by Gasteiger charge is 2.51. The molecule has 1 aliphatic rings. The van der Waals surface area contributed by atoms with Gasteiger partial charge in [-0.05, 0) is 37.5 Å². The monoisotopic (exact) mass is 277 g/mol. The number of nitrogens with one attached hydrogen (secondary N) is 2. The summed E-state index contributed by atoms with van der Waals surface area (Å²) in [6.45, 7) is 2.18. The van der Waals surface area contributed by atoms with Crippen molar-refractivity contribution in [1.82, 2.24) is 15.6 Å². The summed E-state index contributed by atoms with van der Waals surface area (Å²) in [6.07, 6.45) is 4.60. The number of methoxy groups -OCH3 is 1. The van der Waals surface area contributed by atoms with E-state index in [0.29, 0.717) is 6.54 Å². The van der Waals surface area contributed by atoms with Crippen LogP contribution in [0.5, 0.6) is 0 Å². The van der Waals surface area contributed by atoms with Crippen LogP contribution in [-0.2, 0) is 14.9 Å². The molecule has 0 saturated heterocycles. The van der Waals surface area contributed by atoms with E-state index in [0.717, 1.165) is 18.4 Å². The number of ether oxygens (including phenoxy) is 1. The number of pyridine rings is 1. The minimum absolute atomic E-state index is 0.00205. The molecule has 6 heteroatoms. The van der Waals surface area contributed by atoms with Crippen LogP contribution < -0.4 is 10.6 Å². The molecule has 0 aromatic carbocycles. The molecule has 1 aliphatic carbocycles. The molecule has 1 aromatic heterocycles. The molecule has 1 aromatic rings. The highest BCUT2D eigenvalue weighted by Crippen LogP contribution is 2.48. The standard InChI is InChI=1S/C14H19N3O3/c1-10(17-13(19)20-2)9-16-12(18)14(5-6-14)11-3-7-15-8-4-11/h3-4,7-8,10H,5-6,9H2,1-2H3,(H,16,18)(H,17,19)/t10-/m1/s1. The van der Waals surface area contributed by atoms with Gasteiger partial charge in [0.05, 0.1) is 12.5 Å². The van der Waals surface area contributed by atoms with Gasteiger partial charge in [0, 0.05) is 25.0 Å². The molecule has 2 rings (SSSR count). The van der Waals surface area contributed by atoms with Gasteiger partial charge in [-0.25, -0.2) is 4.79 Å². The second-order valence-electron chi connectivity index (χ2n) is 5.06. The number of hydrogen-bond acceptors (Lipinski definition) is 4. The van der Waals surface area contributed by atoms with Gasteiger partial charge in [0.25, 0.3) is 0 Å². The number of rotatable bonds is 5. The van der Waals surface area contributed by atoms with Crippen LogP contribution in [0.15, 0.2) is 24.5 Å². The lowest BCUT2D eigenvalue weighted by Gasteiger charge is -2.18. The zero-order chi connectivity index (χ0) is 14.6. The van der Waals surface area contributed by atoms with Crippen molar-refractivity contribution < 1.29 is 14.3 Å². The average molecular weight is 277 g/mol. The predicted octanol–water partition coefficient (Wildman–Crippen LogP) is 0.974. The predicted molar refractivity (Wildman–Crippen MR) is 73.2 cm³/mol. The zero-order valence-electron chi connectivity index (χ0n) is 11.7. The Bertz CT molecular complexity index is 486. The number of nitrogens with zero attached hydrogens (tertiary/aromatic N) is 1. The third kappa shape index (κ3) is 3.07. The minimum atomic E-state index is -0.498. The molecule has 2 amide bonds. The summed E-state index contributed by atoms with van der Waals surface area (Å²) in [7, 11) is 1.31. The molecular formula is C14H19N3O3. The summed E-state index contributed by atoms with van der Waals surface area (Å²) in [5.74, 6) is 0.00205. The lowest BCUT2D eigenvalue weighted by molar-refractivity contribution is -0.123. The van der Waals surface area contributed by atoms with Crippen molar-refractivity contribution in [3.8, 4) is 0 Å². The van der Waals surface area contributed by atoms with Crippen molar-refractivity contribution in [3.63, 3.8) is 0 Å². The Morgan fingerprint density at radius 1 is 1.40 bits per heavy atom. The summed E-state index contributed by atoms with van der Waals surface area (Å²) in [5.41, 5.74) is 0.590. The average Bonchev–Trinajstić information content (AvgIpc) is 3.27. The lowest BCUT2D eigenvalue weighted by atomic mass is 9.96. The second kappa shape index (κ2) is 5.90. The van der Waals surface area contributed by atoms with Crippen molar-refractivity contribution in [1.29, 1.82) is 0 Å². The molecule has 1 heterocycles. The van der Waals surface area contributed by atoms with Crippen LogP contribution in [0, 0.1) is 0 Å². The van der Waals surface area contributed by atoms with Crippen molar-refractivity contribution >= 4 is 12.0 Å². The minimum Gasteiger partial charge on any atom is -0.453 e. The van der Waals surface area contributed by atoms with E-state index in [1.807, 2.05) is 19.1 Å². The zero-order valence-corrected chi connectivity index (χ0v) is 11.7. The first kappa shape index (κ1) is 14.3. The fraction of sp³-hybridized carbons (Fsp3) is 0.500. The number of carbonyl (C=O) groups excluding carboxylic acids is 2. The summed E-state index contributed by atoms with van der Waals surface area (Å²) >= 11 is 0. The van der Waals surface area contributed by atoms with E-state index in [9.17, 15) is 9.59 Å². The van der Waals surface area contributed by atoms with Gasteiger partial charge in [0.15, 0.2) is 0 Å². The number of aromatic nitrogens is 1. The first-order valence-electron chi connectivity index (χ1n) is 6.62. The van der Waals surface area contributed by atoms with E-state index in [4.69, 9.17) is 0 Å². The molecule has 6 nitrogen and oxygen atoms in total. The third-order valence-corrected chi connectivity index (χ3v) is 3.54. The van der Waals surface area contributed by atoms with Crippen LogP contribution in [0.25, 0.3) is 0 Å². The van der Waals surface area contributed by atoms with E-state index >= 15 is 0 Å². The van der Waals surface area contributed by atoms with Gasteiger partial charge in [0.1, 0.15) is 0 Å². The van der Waals surface area contributed by atoms with Crippen LogP contribution in [0.2, 0.25) is 0 Å². The van der Waals surface area contributed by atoms with E-state index in [-0.39, 0.29) is 11.9 Å². The smallest absolute Gasteiger partial charge is 0.407 e. The summed E-state index contributed by atoms with van der Waals surface area (Å²) < 4.78 is 4.51. The quantitative estimate of drug-likeness (QED) is 0.840.